The highest BCUT2D eigenvalue weighted by molar-refractivity contribution is 7.09. The van der Waals surface area contributed by atoms with Gasteiger partial charge in [0.15, 0.2) is 5.58 Å². The van der Waals surface area contributed by atoms with Crippen molar-refractivity contribution in [1.82, 2.24) is 5.43 Å². The van der Waals surface area contributed by atoms with Gasteiger partial charge in [0.2, 0.25) is 0 Å². The molecule has 3 N–H and O–H groups in total. The van der Waals surface area contributed by atoms with Gasteiger partial charge >= 0.3 is 0 Å². The Hall–Kier alpha value is -1.33. The number of para-hydroxylation sites is 1. The Balaban J connectivity index is 1.70. The lowest BCUT2D eigenvalue weighted by Crippen LogP contribution is -2.27. The maximum Gasteiger partial charge on any atom is 0.152 e. The molecule has 1 atom stereocenters. The topological polar surface area (TPSA) is 51.2 Å². The van der Waals surface area contributed by atoms with Crippen molar-refractivity contribution in [2.24, 2.45) is 5.84 Å². The van der Waals surface area contributed by atoms with Gasteiger partial charge in [0.05, 0.1) is 11.1 Å². The Bertz CT molecular complexity index is 708. The molecule has 0 radical (unpaired) electrons. The summed E-state index contributed by atoms with van der Waals surface area (Å²) in [7, 11) is 0. The van der Waals surface area contributed by atoms with Crippen molar-refractivity contribution in [3.05, 3.63) is 57.4 Å². The van der Waals surface area contributed by atoms with Crippen LogP contribution in [0.1, 0.15) is 29.5 Å². The first-order valence-corrected chi connectivity index (χ1v) is 8.20. The fourth-order valence-electron chi connectivity index (χ4n) is 2.46. The van der Waals surface area contributed by atoms with E-state index in [9.17, 15) is 0 Å². The van der Waals surface area contributed by atoms with Crippen LogP contribution in [0.15, 0.2) is 46.2 Å². The third kappa shape index (κ3) is 3.30. The number of thiophene rings is 1. The van der Waals surface area contributed by atoms with E-state index in [1.165, 1.54) is 4.88 Å². The number of nitrogens with one attached hydrogen (secondary N) is 1. The van der Waals surface area contributed by atoms with Gasteiger partial charge in [-0.15, -0.1) is 11.3 Å². The molecular weight excluding hydrogens is 304 g/mol. The molecule has 0 spiro atoms. The van der Waals surface area contributed by atoms with Crippen LogP contribution in [0.25, 0.3) is 11.0 Å². The van der Waals surface area contributed by atoms with Gasteiger partial charge in [-0.1, -0.05) is 29.8 Å². The van der Waals surface area contributed by atoms with E-state index in [0.717, 1.165) is 36.0 Å². The summed E-state index contributed by atoms with van der Waals surface area (Å²) in [4.78, 5) is 1.40. The molecule has 110 valence electrons. The second-order valence-electron chi connectivity index (χ2n) is 5.00. The smallest absolute Gasteiger partial charge is 0.152 e. The lowest BCUT2D eigenvalue weighted by molar-refractivity contribution is 0.409. The molecule has 0 aliphatic heterocycles. The Kier molecular flexibility index (Phi) is 4.60. The first-order chi connectivity index (χ1) is 10.3. The van der Waals surface area contributed by atoms with E-state index >= 15 is 0 Å². The molecule has 0 aliphatic carbocycles. The van der Waals surface area contributed by atoms with Gasteiger partial charge in [0, 0.05) is 10.3 Å². The molecule has 0 saturated heterocycles. The van der Waals surface area contributed by atoms with E-state index < -0.39 is 0 Å². The van der Waals surface area contributed by atoms with Crippen LogP contribution >= 0.6 is 22.9 Å². The minimum absolute atomic E-state index is 0.00780. The van der Waals surface area contributed by atoms with Crippen LogP contribution in [0.5, 0.6) is 0 Å². The highest BCUT2D eigenvalue weighted by Crippen LogP contribution is 2.30. The molecule has 0 amide bonds. The predicted octanol–water partition coefficient (Wildman–Crippen LogP) is 4.68. The Morgan fingerprint density at radius 1 is 1.29 bits per heavy atom. The number of benzene rings is 1. The van der Waals surface area contributed by atoms with Crippen LogP contribution in [-0.4, -0.2) is 0 Å². The fraction of sp³-hybridized carbons (Fsp3) is 0.250. The molecule has 2 heterocycles. The van der Waals surface area contributed by atoms with E-state index in [4.69, 9.17) is 21.9 Å². The zero-order chi connectivity index (χ0) is 14.7. The lowest BCUT2D eigenvalue weighted by Gasteiger charge is -2.12. The normalized spacial score (nSPS) is 12.9. The van der Waals surface area contributed by atoms with Crippen LogP contribution in [0.4, 0.5) is 0 Å². The van der Waals surface area contributed by atoms with Crippen molar-refractivity contribution in [2.45, 2.75) is 25.3 Å². The van der Waals surface area contributed by atoms with Crippen molar-refractivity contribution in [1.29, 1.82) is 0 Å². The van der Waals surface area contributed by atoms with E-state index in [-0.39, 0.29) is 6.04 Å². The number of furan rings is 1. The number of fused-ring (bicyclic) bond motifs is 1. The average molecular weight is 321 g/mol. The summed E-state index contributed by atoms with van der Waals surface area (Å²) in [6, 6.07) is 12.0. The molecule has 0 fully saturated rings. The molecule has 1 unspecified atom stereocenters. The highest BCUT2D eigenvalue weighted by atomic mass is 35.5. The van der Waals surface area contributed by atoms with E-state index in [1.807, 2.05) is 24.3 Å². The molecular formula is C16H17ClN2OS. The molecule has 0 saturated carbocycles. The largest absolute Gasteiger partial charge is 0.458 e. The van der Waals surface area contributed by atoms with E-state index in [1.54, 1.807) is 11.3 Å². The van der Waals surface area contributed by atoms with Gasteiger partial charge in [0.1, 0.15) is 5.76 Å². The number of hydrazine groups is 1. The van der Waals surface area contributed by atoms with Crippen molar-refractivity contribution in [2.75, 3.05) is 0 Å². The summed E-state index contributed by atoms with van der Waals surface area (Å²) in [6.07, 6.45) is 3.04. The molecule has 2 aromatic heterocycles. The SMILES string of the molecule is NNC(CCCc1cccs1)c1cc2cccc(Cl)c2o1. The molecule has 0 aliphatic rings. The maximum absolute atomic E-state index is 6.15. The Labute approximate surface area is 132 Å². The minimum Gasteiger partial charge on any atom is -0.458 e. The van der Waals surface area contributed by atoms with Gasteiger partial charge in [-0.3, -0.25) is 5.84 Å². The second-order valence-corrected chi connectivity index (χ2v) is 6.44. The number of hydrogen-bond donors (Lipinski definition) is 2. The number of aryl methyl sites for hydroxylation is 1. The van der Waals surface area contributed by atoms with Crippen molar-refractivity contribution < 1.29 is 4.42 Å². The van der Waals surface area contributed by atoms with Gasteiger partial charge in [0.25, 0.3) is 0 Å². The first kappa shape index (κ1) is 14.6. The quantitative estimate of drug-likeness (QED) is 0.512. The standard InChI is InChI=1S/C16H17ClN2OS/c17-13-7-1-4-11-10-15(20-16(11)13)14(19-18)8-2-5-12-6-3-9-21-12/h1,3-4,6-7,9-10,14,19H,2,5,8,18H2. The van der Waals surface area contributed by atoms with Crippen molar-refractivity contribution in [3.63, 3.8) is 0 Å². The summed E-state index contributed by atoms with van der Waals surface area (Å²) in [5, 5.41) is 3.75. The monoisotopic (exact) mass is 320 g/mol. The summed E-state index contributed by atoms with van der Waals surface area (Å²) < 4.78 is 5.87. The zero-order valence-corrected chi connectivity index (χ0v) is 13.1. The summed E-state index contributed by atoms with van der Waals surface area (Å²) in [6.45, 7) is 0. The molecule has 21 heavy (non-hydrogen) atoms. The number of nitrogens with two attached hydrogens (primary N) is 1. The summed E-state index contributed by atoms with van der Waals surface area (Å²) >= 11 is 7.94. The number of halogens is 1. The van der Waals surface area contributed by atoms with Crippen LogP contribution in [0.2, 0.25) is 5.02 Å². The van der Waals surface area contributed by atoms with Gasteiger partial charge in [-0.2, -0.15) is 0 Å². The Morgan fingerprint density at radius 3 is 2.90 bits per heavy atom. The van der Waals surface area contributed by atoms with Gasteiger partial charge in [-0.05, 0) is 42.8 Å². The Morgan fingerprint density at radius 2 is 2.19 bits per heavy atom. The van der Waals surface area contributed by atoms with Crippen molar-refractivity contribution in [3.8, 4) is 0 Å². The fourth-order valence-corrected chi connectivity index (χ4v) is 3.43. The predicted molar refractivity (Wildman–Crippen MR) is 88.5 cm³/mol. The summed E-state index contributed by atoms with van der Waals surface area (Å²) in [5.74, 6) is 6.52. The number of rotatable bonds is 6. The van der Waals surface area contributed by atoms with Crippen molar-refractivity contribution >= 4 is 33.9 Å². The zero-order valence-electron chi connectivity index (χ0n) is 11.5. The van der Waals surface area contributed by atoms with Crippen LogP contribution in [0, 0.1) is 0 Å². The third-order valence-corrected chi connectivity index (χ3v) is 4.79. The van der Waals surface area contributed by atoms with Gasteiger partial charge < -0.3 is 4.42 Å². The first-order valence-electron chi connectivity index (χ1n) is 6.94. The maximum atomic E-state index is 6.15. The number of hydrogen-bond acceptors (Lipinski definition) is 4. The van der Waals surface area contributed by atoms with Crippen LogP contribution < -0.4 is 11.3 Å². The molecule has 5 heteroatoms. The third-order valence-electron chi connectivity index (χ3n) is 3.56. The van der Waals surface area contributed by atoms with E-state index in [0.29, 0.717) is 5.02 Å². The molecule has 3 aromatic rings. The molecule has 3 rings (SSSR count). The highest BCUT2D eigenvalue weighted by Gasteiger charge is 2.16. The van der Waals surface area contributed by atoms with Crippen LogP contribution in [0.3, 0.4) is 0 Å². The molecule has 0 bridgehead atoms. The van der Waals surface area contributed by atoms with Crippen LogP contribution in [-0.2, 0) is 6.42 Å². The second kappa shape index (κ2) is 6.62. The van der Waals surface area contributed by atoms with E-state index in [2.05, 4.69) is 22.9 Å². The minimum atomic E-state index is 0.00780. The summed E-state index contributed by atoms with van der Waals surface area (Å²) in [5.41, 5.74) is 3.57. The molecule has 3 nitrogen and oxygen atoms in total. The lowest BCUT2D eigenvalue weighted by atomic mass is 10.1. The molecule has 1 aromatic carbocycles. The van der Waals surface area contributed by atoms with Gasteiger partial charge in [-0.25, -0.2) is 5.43 Å². The average Bonchev–Trinajstić information content (AvgIpc) is 3.13.